The number of fused-ring (bicyclic) bond motifs is 1. The Morgan fingerprint density at radius 2 is 1.81 bits per heavy atom. The lowest BCUT2D eigenvalue weighted by atomic mass is 10.1. The van der Waals surface area contributed by atoms with E-state index in [0.29, 0.717) is 59.9 Å². The van der Waals surface area contributed by atoms with Gasteiger partial charge in [-0.2, -0.15) is 5.10 Å². The van der Waals surface area contributed by atoms with E-state index in [1.54, 1.807) is 30.1 Å². The Balaban J connectivity index is 1.42. The molecule has 1 fully saturated rings. The fourth-order valence-corrected chi connectivity index (χ4v) is 5.06. The summed E-state index contributed by atoms with van der Waals surface area (Å²) in [4.78, 5) is 16.0. The zero-order valence-corrected chi connectivity index (χ0v) is 23.6. The molecule has 3 aromatic heterocycles. The minimum atomic E-state index is -0.705. The summed E-state index contributed by atoms with van der Waals surface area (Å²) in [6.45, 7) is 5.40. The van der Waals surface area contributed by atoms with Crippen molar-refractivity contribution in [3.8, 4) is 17.3 Å². The third-order valence-corrected chi connectivity index (χ3v) is 7.21. The van der Waals surface area contributed by atoms with E-state index >= 15 is 0 Å². The van der Waals surface area contributed by atoms with Gasteiger partial charge >= 0.3 is 0 Å². The van der Waals surface area contributed by atoms with Gasteiger partial charge in [0.15, 0.2) is 5.82 Å². The number of ether oxygens (including phenoxy) is 2. The maximum Gasteiger partial charge on any atom is 0.183 e. The molecule has 0 unspecified atom stereocenters. The first-order chi connectivity index (χ1) is 20.5. The Hall–Kier alpha value is -4.19. The summed E-state index contributed by atoms with van der Waals surface area (Å²) in [5.41, 5.74) is 2.48. The number of anilines is 2. The molecule has 12 heteroatoms. The van der Waals surface area contributed by atoms with E-state index in [9.17, 15) is 8.78 Å². The van der Waals surface area contributed by atoms with Crippen LogP contribution in [0.5, 0.6) is 5.75 Å². The van der Waals surface area contributed by atoms with E-state index in [4.69, 9.17) is 36.1 Å². The molecule has 0 amide bonds. The van der Waals surface area contributed by atoms with Gasteiger partial charge < -0.3 is 14.8 Å². The molecule has 1 N–H and O–H groups in total. The number of para-hydroxylation sites is 1. The van der Waals surface area contributed by atoms with Crippen LogP contribution in [0.3, 0.4) is 0 Å². The number of morpholine rings is 1. The van der Waals surface area contributed by atoms with Crippen LogP contribution >= 0.6 is 11.6 Å². The zero-order valence-electron chi connectivity index (χ0n) is 22.9. The molecule has 1 saturated heterocycles. The van der Waals surface area contributed by atoms with Gasteiger partial charge in [-0.3, -0.25) is 14.6 Å². The molecule has 4 heterocycles. The monoisotopic (exact) mass is 591 g/mol. The zero-order chi connectivity index (χ0) is 29.1. The third-order valence-electron chi connectivity index (χ3n) is 6.91. The summed E-state index contributed by atoms with van der Waals surface area (Å²) in [6.07, 6.45) is 3.19. The van der Waals surface area contributed by atoms with Crippen LogP contribution in [-0.2, 0) is 17.8 Å². The Morgan fingerprint density at radius 1 is 1.02 bits per heavy atom. The summed E-state index contributed by atoms with van der Waals surface area (Å²) in [6, 6.07) is 13.5. The molecule has 42 heavy (non-hydrogen) atoms. The molecule has 2 aromatic carbocycles. The van der Waals surface area contributed by atoms with Crippen LogP contribution in [0.2, 0.25) is 5.02 Å². The van der Waals surface area contributed by atoms with Gasteiger partial charge in [-0.05, 0) is 19.1 Å². The van der Waals surface area contributed by atoms with Gasteiger partial charge in [-0.25, -0.2) is 18.7 Å². The van der Waals surface area contributed by atoms with Crippen LogP contribution in [0.15, 0.2) is 60.9 Å². The smallest absolute Gasteiger partial charge is 0.183 e. The van der Waals surface area contributed by atoms with Gasteiger partial charge in [0.25, 0.3) is 0 Å². The lowest BCUT2D eigenvalue weighted by Crippen LogP contribution is -2.35. The second kappa shape index (κ2) is 12.4. The summed E-state index contributed by atoms with van der Waals surface area (Å²) in [5, 5.41) is 9.25. The van der Waals surface area contributed by atoms with Gasteiger partial charge in [0.05, 0.1) is 48.3 Å². The predicted molar refractivity (Wildman–Crippen MR) is 156 cm³/mol. The van der Waals surface area contributed by atoms with E-state index in [0.717, 1.165) is 24.2 Å². The molecule has 1 aliphatic rings. The highest BCUT2D eigenvalue weighted by Crippen LogP contribution is 2.30. The van der Waals surface area contributed by atoms with Crippen molar-refractivity contribution in [2.24, 2.45) is 0 Å². The molecule has 5 aromatic rings. The number of nitrogens with zero attached hydrogens (tertiary/aromatic N) is 6. The van der Waals surface area contributed by atoms with Crippen LogP contribution in [-0.4, -0.2) is 62.5 Å². The Labute approximate surface area is 246 Å². The molecule has 0 saturated carbocycles. The Bertz CT molecular complexity index is 1700. The van der Waals surface area contributed by atoms with Crippen molar-refractivity contribution < 1.29 is 18.3 Å². The van der Waals surface area contributed by atoms with Crippen molar-refractivity contribution >= 4 is 34.0 Å². The lowest BCUT2D eigenvalue weighted by molar-refractivity contribution is 0.0336. The summed E-state index contributed by atoms with van der Waals surface area (Å²) in [7, 11) is 0. The van der Waals surface area contributed by atoms with E-state index < -0.39 is 11.6 Å². The number of pyridine rings is 1. The van der Waals surface area contributed by atoms with Gasteiger partial charge in [0, 0.05) is 61.2 Å². The van der Waals surface area contributed by atoms with E-state index in [2.05, 4.69) is 15.2 Å². The maximum atomic E-state index is 15.0. The second-order valence-corrected chi connectivity index (χ2v) is 10.2. The fourth-order valence-electron chi connectivity index (χ4n) is 4.90. The quantitative estimate of drug-likeness (QED) is 0.229. The number of rotatable bonds is 9. The topological polar surface area (TPSA) is 90.2 Å². The standard InChI is InChI=1S/C30H28ClF2N7O2/c1-2-42-20-14-24(32)22(25(33)15-20)18-40-27-6-4-3-5-21(27)29(38-40)30-35-19(17-39-9-11-41-12-10-39)13-28(37-30)36-26-7-8-34-16-23(26)31/h3-8,13-16H,2,9-12,17-18H2,1H3,(H,34,35,36,37). The lowest BCUT2D eigenvalue weighted by Gasteiger charge is -2.26. The van der Waals surface area contributed by atoms with Crippen LogP contribution in [0.4, 0.5) is 20.3 Å². The first kappa shape index (κ1) is 28.0. The average molecular weight is 592 g/mol. The number of hydrogen-bond donors (Lipinski definition) is 1. The molecule has 0 aliphatic carbocycles. The van der Waals surface area contributed by atoms with Gasteiger partial charge in [0.1, 0.15) is 28.9 Å². The largest absolute Gasteiger partial charge is 0.494 e. The number of halogens is 3. The average Bonchev–Trinajstić information content (AvgIpc) is 3.35. The third kappa shape index (κ3) is 6.03. The number of aromatic nitrogens is 5. The predicted octanol–water partition coefficient (Wildman–Crippen LogP) is 5.84. The van der Waals surface area contributed by atoms with Crippen molar-refractivity contribution in [3.05, 3.63) is 88.8 Å². The summed E-state index contributed by atoms with van der Waals surface area (Å²) >= 11 is 6.36. The molecule has 6 rings (SSSR count). The Morgan fingerprint density at radius 3 is 2.57 bits per heavy atom. The number of benzene rings is 2. The minimum absolute atomic E-state index is 0.116. The first-order valence-electron chi connectivity index (χ1n) is 13.6. The molecule has 216 valence electrons. The van der Waals surface area contributed by atoms with E-state index in [-0.39, 0.29) is 17.9 Å². The molecule has 0 radical (unpaired) electrons. The van der Waals surface area contributed by atoms with Crippen molar-refractivity contribution in [2.45, 2.75) is 20.0 Å². The molecule has 0 bridgehead atoms. The van der Waals surface area contributed by atoms with E-state index in [1.807, 2.05) is 30.3 Å². The summed E-state index contributed by atoms with van der Waals surface area (Å²) < 4.78 is 42.3. The summed E-state index contributed by atoms with van der Waals surface area (Å²) in [5.74, 6) is -0.371. The molecule has 0 atom stereocenters. The van der Waals surface area contributed by atoms with Crippen LogP contribution in [0.1, 0.15) is 18.2 Å². The van der Waals surface area contributed by atoms with Crippen LogP contribution < -0.4 is 10.1 Å². The second-order valence-electron chi connectivity index (χ2n) is 9.76. The van der Waals surface area contributed by atoms with Crippen molar-refractivity contribution in [2.75, 3.05) is 38.2 Å². The molecule has 1 aliphatic heterocycles. The van der Waals surface area contributed by atoms with Crippen molar-refractivity contribution in [1.29, 1.82) is 0 Å². The van der Waals surface area contributed by atoms with Crippen molar-refractivity contribution in [1.82, 2.24) is 29.6 Å². The SMILES string of the molecule is CCOc1cc(F)c(Cn2nc(-c3nc(CN4CCOCC4)cc(Nc4ccncc4Cl)n3)c3ccccc32)c(F)c1. The number of nitrogens with one attached hydrogen (secondary N) is 1. The van der Waals surface area contributed by atoms with E-state index in [1.165, 1.54) is 12.1 Å². The van der Waals surface area contributed by atoms with Gasteiger partial charge in [0.2, 0.25) is 0 Å². The highest BCUT2D eigenvalue weighted by atomic mass is 35.5. The first-order valence-corrected chi connectivity index (χ1v) is 14.0. The highest BCUT2D eigenvalue weighted by Gasteiger charge is 2.21. The normalized spacial score (nSPS) is 13.9. The minimum Gasteiger partial charge on any atom is -0.494 e. The fraction of sp³-hybridized carbons (Fsp3) is 0.267. The molecule has 9 nitrogen and oxygen atoms in total. The molecular formula is C30H28ClF2N7O2. The van der Waals surface area contributed by atoms with Gasteiger partial charge in [-0.15, -0.1) is 0 Å². The molecular weight excluding hydrogens is 564 g/mol. The molecule has 0 spiro atoms. The maximum absolute atomic E-state index is 15.0. The van der Waals surface area contributed by atoms with Crippen LogP contribution in [0.25, 0.3) is 22.4 Å². The Kier molecular flexibility index (Phi) is 8.22. The highest BCUT2D eigenvalue weighted by molar-refractivity contribution is 6.33. The van der Waals surface area contributed by atoms with Crippen LogP contribution in [0, 0.1) is 11.6 Å². The van der Waals surface area contributed by atoms with Crippen molar-refractivity contribution in [3.63, 3.8) is 0 Å². The van der Waals surface area contributed by atoms with Gasteiger partial charge in [-0.1, -0.05) is 29.8 Å². The number of hydrogen-bond acceptors (Lipinski definition) is 8.